The molecule has 1 N–H and O–H groups in total. The summed E-state index contributed by atoms with van der Waals surface area (Å²) in [6, 6.07) is 9.10. The summed E-state index contributed by atoms with van der Waals surface area (Å²) in [4.78, 5) is 35.8. The number of nitrogens with zero attached hydrogens (tertiary/aromatic N) is 1. The summed E-state index contributed by atoms with van der Waals surface area (Å²) in [5.41, 5.74) is 0.236. The molecule has 0 fully saturated rings. The Morgan fingerprint density at radius 2 is 1.96 bits per heavy atom. The lowest BCUT2D eigenvalue weighted by molar-refractivity contribution is -0.119. The molecule has 0 atom stereocenters. The van der Waals surface area contributed by atoms with Gasteiger partial charge in [-0.1, -0.05) is 11.6 Å². The van der Waals surface area contributed by atoms with Crippen LogP contribution in [0.3, 0.4) is 0 Å². The first-order valence-electron chi connectivity index (χ1n) is 7.82. The van der Waals surface area contributed by atoms with Gasteiger partial charge in [0.2, 0.25) is 0 Å². The normalized spacial score (nSPS) is 9.79. The molecular weight excluding hydrogens is 388 g/mol. The second-order valence-corrected chi connectivity index (χ2v) is 5.75. The molecule has 0 aromatic heterocycles. The predicted octanol–water partition coefficient (Wildman–Crippen LogP) is 2.84. The predicted molar refractivity (Wildman–Crippen MR) is 100 cm³/mol. The van der Waals surface area contributed by atoms with Crippen LogP contribution in [0.4, 0.5) is 5.69 Å². The Bertz CT molecular complexity index is 968. The molecule has 0 aliphatic carbocycles. The van der Waals surface area contributed by atoms with Crippen molar-refractivity contribution in [2.75, 3.05) is 26.1 Å². The van der Waals surface area contributed by atoms with Gasteiger partial charge in [-0.25, -0.2) is 4.79 Å². The number of methoxy groups -OCH3 is 2. The van der Waals surface area contributed by atoms with Crippen molar-refractivity contribution in [2.45, 2.75) is 0 Å². The van der Waals surface area contributed by atoms with Crippen molar-refractivity contribution in [1.29, 1.82) is 5.26 Å². The van der Waals surface area contributed by atoms with Crippen LogP contribution in [0.15, 0.2) is 30.3 Å². The van der Waals surface area contributed by atoms with Crippen LogP contribution in [0.1, 0.15) is 26.3 Å². The fourth-order valence-corrected chi connectivity index (χ4v) is 2.53. The number of benzene rings is 2. The van der Waals surface area contributed by atoms with Gasteiger partial charge in [0, 0.05) is 10.6 Å². The Hall–Kier alpha value is -3.57. The highest BCUT2D eigenvalue weighted by molar-refractivity contribution is 6.31. The number of anilines is 1. The van der Waals surface area contributed by atoms with E-state index < -0.39 is 18.5 Å². The molecule has 0 radical (unpaired) electrons. The average Bonchev–Trinajstić information content (AvgIpc) is 2.70. The van der Waals surface area contributed by atoms with E-state index in [0.29, 0.717) is 11.3 Å². The van der Waals surface area contributed by atoms with E-state index in [1.165, 1.54) is 44.6 Å². The van der Waals surface area contributed by atoms with E-state index in [0.717, 1.165) is 0 Å². The van der Waals surface area contributed by atoms with Crippen LogP contribution in [0.2, 0.25) is 5.02 Å². The molecule has 0 saturated carbocycles. The molecule has 2 rings (SSSR count). The molecule has 0 aliphatic heterocycles. The van der Waals surface area contributed by atoms with Crippen LogP contribution in [-0.2, 0) is 9.53 Å². The molecule has 0 bridgehead atoms. The number of nitriles is 1. The van der Waals surface area contributed by atoms with Crippen LogP contribution in [-0.4, -0.2) is 39.0 Å². The molecule has 28 heavy (non-hydrogen) atoms. The summed E-state index contributed by atoms with van der Waals surface area (Å²) in [6.45, 7) is -0.658. The number of nitrogens with one attached hydrogen (secondary N) is 1. The minimum absolute atomic E-state index is 0.0131. The first-order chi connectivity index (χ1) is 13.4. The number of esters is 1. The smallest absolute Gasteiger partial charge is 0.343 e. The van der Waals surface area contributed by atoms with E-state index in [1.54, 1.807) is 0 Å². The van der Waals surface area contributed by atoms with E-state index in [1.807, 2.05) is 6.07 Å². The molecule has 1 amide bonds. The largest absolute Gasteiger partial charge is 0.493 e. The summed E-state index contributed by atoms with van der Waals surface area (Å²) in [6.07, 6.45) is 0.462. The second kappa shape index (κ2) is 9.39. The first-order valence-corrected chi connectivity index (χ1v) is 8.19. The fraction of sp³-hybridized carbons (Fsp3) is 0.158. The monoisotopic (exact) mass is 402 g/mol. The van der Waals surface area contributed by atoms with Gasteiger partial charge in [-0.15, -0.1) is 0 Å². The first kappa shape index (κ1) is 20.7. The SMILES string of the molecule is COc1ccc(C=O)c(C(=O)OCC(=O)Nc2cc(Cl)ccc2C#N)c1OC. The molecular formula is C19H15ClN2O6. The van der Waals surface area contributed by atoms with Gasteiger partial charge < -0.3 is 19.5 Å². The highest BCUT2D eigenvalue weighted by Gasteiger charge is 2.23. The van der Waals surface area contributed by atoms with Gasteiger partial charge in [0.1, 0.15) is 11.6 Å². The average molecular weight is 403 g/mol. The van der Waals surface area contributed by atoms with E-state index >= 15 is 0 Å². The van der Waals surface area contributed by atoms with Crippen LogP contribution < -0.4 is 14.8 Å². The molecule has 0 spiro atoms. The van der Waals surface area contributed by atoms with Gasteiger partial charge >= 0.3 is 5.97 Å². The van der Waals surface area contributed by atoms with Gasteiger partial charge in [0.15, 0.2) is 24.4 Å². The third kappa shape index (κ3) is 4.58. The molecule has 0 heterocycles. The lowest BCUT2D eigenvalue weighted by atomic mass is 10.1. The number of halogens is 1. The van der Waals surface area contributed by atoms with Crippen molar-refractivity contribution in [3.8, 4) is 17.6 Å². The lowest BCUT2D eigenvalue weighted by Crippen LogP contribution is -2.22. The molecule has 0 unspecified atom stereocenters. The van der Waals surface area contributed by atoms with E-state index in [9.17, 15) is 14.4 Å². The Morgan fingerprint density at radius 1 is 1.21 bits per heavy atom. The number of amides is 1. The number of carbonyl (C=O) groups excluding carboxylic acids is 3. The maximum Gasteiger partial charge on any atom is 0.343 e. The number of hydrogen-bond acceptors (Lipinski definition) is 7. The number of carbonyl (C=O) groups is 3. The number of aldehydes is 1. The zero-order valence-electron chi connectivity index (χ0n) is 14.9. The van der Waals surface area contributed by atoms with Crippen LogP contribution >= 0.6 is 11.6 Å². The van der Waals surface area contributed by atoms with Gasteiger partial charge in [0.05, 0.1) is 25.5 Å². The van der Waals surface area contributed by atoms with Crippen molar-refractivity contribution in [3.05, 3.63) is 52.0 Å². The van der Waals surface area contributed by atoms with Gasteiger partial charge in [-0.05, 0) is 30.3 Å². The summed E-state index contributed by atoms with van der Waals surface area (Å²) < 4.78 is 15.2. The molecule has 0 aliphatic rings. The van der Waals surface area contributed by atoms with Gasteiger partial charge in [-0.3, -0.25) is 9.59 Å². The number of rotatable bonds is 7. The van der Waals surface area contributed by atoms with E-state index in [4.69, 9.17) is 31.1 Å². The third-order valence-corrected chi connectivity index (χ3v) is 3.85. The minimum Gasteiger partial charge on any atom is -0.493 e. The quantitative estimate of drug-likeness (QED) is 0.559. The standard InChI is InChI=1S/C19H15ClN2O6/c1-26-15-6-4-12(9-23)17(18(15)27-2)19(25)28-10-16(24)22-14-7-13(20)5-3-11(14)8-21/h3-7,9H,10H2,1-2H3,(H,22,24). The lowest BCUT2D eigenvalue weighted by Gasteiger charge is -2.14. The minimum atomic E-state index is -0.945. The van der Waals surface area contributed by atoms with Gasteiger partial charge in [0.25, 0.3) is 5.91 Å². The Morgan fingerprint density at radius 3 is 2.57 bits per heavy atom. The fourth-order valence-electron chi connectivity index (χ4n) is 2.36. The van der Waals surface area contributed by atoms with Crippen LogP contribution in [0, 0.1) is 11.3 Å². The summed E-state index contributed by atoms with van der Waals surface area (Å²) in [5.74, 6) is -1.40. The van der Waals surface area contributed by atoms with Crippen molar-refractivity contribution < 1.29 is 28.6 Å². The van der Waals surface area contributed by atoms with Crippen molar-refractivity contribution >= 4 is 35.5 Å². The summed E-state index contributed by atoms with van der Waals surface area (Å²) >= 11 is 5.86. The van der Waals surface area contributed by atoms with Crippen molar-refractivity contribution in [1.82, 2.24) is 0 Å². The topological polar surface area (TPSA) is 115 Å². The number of hydrogen-bond donors (Lipinski definition) is 1. The molecule has 0 saturated heterocycles. The molecule has 9 heteroatoms. The molecule has 2 aromatic carbocycles. The molecule has 2 aromatic rings. The number of ether oxygens (including phenoxy) is 3. The van der Waals surface area contributed by atoms with Gasteiger partial charge in [-0.2, -0.15) is 5.26 Å². The highest BCUT2D eigenvalue weighted by atomic mass is 35.5. The molecule has 8 nitrogen and oxygen atoms in total. The summed E-state index contributed by atoms with van der Waals surface area (Å²) in [5, 5.41) is 11.8. The zero-order chi connectivity index (χ0) is 20.7. The van der Waals surface area contributed by atoms with E-state index in [2.05, 4.69) is 5.32 Å². The Kier molecular flexibility index (Phi) is 6.96. The Labute approximate surface area is 165 Å². The zero-order valence-corrected chi connectivity index (χ0v) is 15.7. The highest BCUT2D eigenvalue weighted by Crippen LogP contribution is 2.33. The summed E-state index contributed by atoms with van der Waals surface area (Å²) in [7, 11) is 2.68. The maximum atomic E-state index is 12.4. The van der Waals surface area contributed by atoms with Crippen LogP contribution in [0.5, 0.6) is 11.5 Å². The van der Waals surface area contributed by atoms with Crippen molar-refractivity contribution in [3.63, 3.8) is 0 Å². The Balaban J connectivity index is 2.17. The second-order valence-electron chi connectivity index (χ2n) is 5.31. The maximum absolute atomic E-state index is 12.4. The molecule has 144 valence electrons. The third-order valence-electron chi connectivity index (χ3n) is 3.62. The van der Waals surface area contributed by atoms with Crippen molar-refractivity contribution in [2.24, 2.45) is 0 Å². The van der Waals surface area contributed by atoms with Crippen LogP contribution in [0.25, 0.3) is 0 Å². The van der Waals surface area contributed by atoms with E-state index in [-0.39, 0.29) is 33.9 Å².